The Balaban J connectivity index is 1.59. The fourth-order valence-corrected chi connectivity index (χ4v) is 3.22. The standard InChI is InChI=1S/C16H20FN3O2/c17-10-5-1-2-6-11(10)19-15(21)9-14-16(22)20-13-8-4-3-7-12(13)18-14/h1-2,5-6,12-14,18H,3-4,7-9H2,(H,19,21)(H,20,22)/t12-,13+,14+/m1/s1. The van der Waals surface area contributed by atoms with Gasteiger partial charge in [0.05, 0.1) is 18.2 Å². The Morgan fingerprint density at radius 3 is 2.73 bits per heavy atom. The first-order chi connectivity index (χ1) is 10.6. The molecule has 0 unspecified atom stereocenters. The number of fused-ring (bicyclic) bond motifs is 1. The third-order valence-electron chi connectivity index (χ3n) is 4.36. The first kappa shape index (κ1) is 15.0. The fraction of sp³-hybridized carbons (Fsp3) is 0.500. The number of hydrogen-bond donors (Lipinski definition) is 3. The van der Waals surface area contributed by atoms with E-state index in [9.17, 15) is 14.0 Å². The van der Waals surface area contributed by atoms with E-state index < -0.39 is 11.9 Å². The van der Waals surface area contributed by atoms with Gasteiger partial charge in [0.15, 0.2) is 0 Å². The van der Waals surface area contributed by atoms with Crippen LogP contribution in [0.4, 0.5) is 10.1 Å². The van der Waals surface area contributed by atoms with Crippen molar-refractivity contribution in [2.24, 2.45) is 0 Å². The van der Waals surface area contributed by atoms with Crippen LogP contribution in [0.3, 0.4) is 0 Å². The number of nitrogens with one attached hydrogen (secondary N) is 3. The Kier molecular flexibility index (Phi) is 4.38. The quantitative estimate of drug-likeness (QED) is 0.793. The van der Waals surface area contributed by atoms with E-state index in [1.165, 1.54) is 12.1 Å². The lowest BCUT2D eigenvalue weighted by atomic mass is 9.87. The summed E-state index contributed by atoms with van der Waals surface area (Å²) in [5.41, 5.74) is 0.138. The van der Waals surface area contributed by atoms with Gasteiger partial charge in [0.25, 0.3) is 0 Å². The van der Waals surface area contributed by atoms with Gasteiger partial charge in [0, 0.05) is 12.1 Å². The van der Waals surface area contributed by atoms with E-state index in [0.717, 1.165) is 25.7 Å². The van der Waals surface area contributed by atoms with Gasteiger partial charge in [-0.25, -0.2) is 4.39 Å². The second-order valence-electron chi connectivity index (χ2n) is 5.96. The molecule has 6 heteroatoms. The second kappa shape index (κ2) is 6.44. The Hall–Kier alpha value is -1.95. The van der Waals surface area contributed by atoms with Crippen molar-refractivity contribution in [3.8, 4) is 0 Å². The fourth-order valence-electron chi connectivity index (χ4n) is 3.22. The number of halogens is 1. The smallest absolute Gasteiger partial charge is 0.237 e. The molecule has 2 amide bonds. The van der Waals surface area contributed by atoms with Crippen molar-refractivity contribution >= 4 is 17.5 Å². The van der Waals surface area contributed by atoms with Crippen LogP contribution < -0.4 is 16.0 Å². The molecule has 22 heavy (non-hydrogen) atoms. The van der Waals surface area contributed by atoms with E-state index in [1.807, 2.05) is 0 Å². The number of para-hydroxylation sites is 1. The van der Waals surface area contributed by atoms with Crippen LogP contribution >= 0.6 is 0 Å². The van der Waals surface area contributed by atoms with Crippen LogP contribution in [0.15, 0.2) is 24.3 Å². The molecule has 118 valence electrons. The molecule has 3 rings (SSSR count). The van der Waals surface area contributed by atoms with E-state index >= 15 is 0 Å². The van der Waals surface area contributed by atoms with Crippen LogP contribution in [0.1, 0.15) is 32.1 Å². The average Bonchev–Trinajstić information content (AvgIpc) is 2.50. The zero-order valence-corrected chi connectivity index (χ0v) is 12.3. The summed E-state index contributed by atoms with van der Waals surface area (Å²) in [5, 5.41) is 8.78. The number of carbonyl (C=O) groups is 2. The average molecular weight is 305 g/mol. The van der Waals surface area contributed by atoms with E-state index in [1.54, 1.807) is 12.1 Å². The van der Waals surface area contributed by atoms with Gasteiger partial charge in [-0.2, -0.15) is 0 Å². The van der Waals surface area contributed by atoms with Crippen molar-refractivity contribution in [1.82, 2.24) is 10.6 Å². The van der Waals surface area contributed by atoms with Crippen LogP contribution in [-0.4, -0.2) is 29.9 Å². The van der Waals surface area contributed by atoms with Crippen LogP contribution in [0, 0.1) is 5.82 Å². The minimum absolute atomic E-state index is 0.00336. The van der Waals surface area contributed by atoms with E-state index in [2.05, 4.69) is 16.0 Å². The van der Waals surface area contributed by atoms with Crippen LogP contribution in [0.5, 0.6) is 0 Å². The maximum Gasteiger partial charge on any atom is 0.237 e. The highest BCUT2D eigenvalue weighted by Crippen LogP contribution is 2.22. The lowest BCUT2D eigenvalue weighted by Crippen LogP contribution is -2.65. The number of piperazine rings is 1. The van der Waals surface area contributed by atoms with Crippen molar-refractivity contribution < 1.29 is 14.0 Å². The van der Waals surface area contributed by atoms with Gasteiger partial charge in [0.1, 0.15) is 5.82 Å². The number of hydrogen-bond acceptors (Lipinski definition) is 3. The van der Waals surface area contributed by atoms with Crippen molar-refractivity contribution in [3.05, 3.63) is 30.1 Å². The van der Waals surface area contributed by atoms with E-state index in [-0.39, 0.29) is 36.0 Å². The van der Waals surface area contributed by atoms with Crippen molar-refractivity contribution in [2.45, 2.75) is 50.2 Å². The lowest BCUT2D eigenvalue weighted by molar-refractivity contribution is -0.129. The van der Waals surface area contributed by atoms with Gasteiger partial charge in [-0.05, 0) is 25.0 Å². The summed E-state index contributed by atoms with van der Waals surface area (Å²) in [6.07, 6.45) is 4.26. The highest BCUT2D eigenvalue weighted by atomic mass is 19.1. The largest absolute Gasteiger partial charge is 0.350 e. The van der Waals surface area contributed by atoms with Crippen molar-refractivity contribution in [1.29, 1.82) is 0 Å². The van der Waals surface area contributed by atoms with Crippen molar-refractivity contribution in [2.75, 3.05) is 5.32 Å². The monoisotopic (exact) mass is 305 g/mol. The molecule has 5 nitrogen and oxygen atoms in total. The molecule has 1 heterocycles. The first-order valence-corrected chi connectivity index (χ1v) is 7.74. The summed E-state index contributed by atoms with van der Waals surface area (Å²) >= 11 is 0. The van der Waals surface area contributed by atoms with Gasteiger partial charge >= 0.3 is 0 Å². The molecule has 1 aromatic rings. The molecule has 2 aliphatic rings. The zero-order chi connectivity index (χ0) is 15.5. The molecule has 1 aromatic carbocycles. The Morgan fingerprint density at radius 1 is 1.23 bits per heavy atom. The Morgan fingerprint density at radius 2 is 1.95 bits per heavy atom. The number of amides is 2. The van der Waals surface area contributed by atoms with Gasteiger partial charge in [-0.15, -0.1) is 0 Å². The summed E-state index contributed by atoms with van der Waals surface area (Å²) < 4.78 is 13.5. The van der Waals surface area contributed by atoms with Crippen LogP contribution in [0.2, 0.25) is 0 Å². The molecule has 2 fully saturated rings. The molecule has 1 aliphatic carbocycles. The molecule has 1 saturated heterocycles. The van der Waals surface area contributed by atoms with Gasteiger partial charge in [-0.1, -0.05) is 25.0 Å². The molecule has 1 aliphatic heterocycles. The summed E-state index contributed by atoms with van der Waals surface area (Å²) in [6.45, 7) is 0. The third-order valence-corrected chi connectivity index (χ3v) is 4.36. The summed E-state index contributed by atoms with van der Waals surface area (Å²) in [6, 6.07) is 5.85. The Labute approximate surface area is 128 Å². The molecule has 3 atom stereocenters. The number of benzene rings is 1. The summed E-state index contributed by atoms with van der Waals surface area (Å²) in [4.78, 5) is 24.1. The van der Waals surface area contributed by atoms with Gasteiger partial charge in [0.2, 0.25) is 11.8 Å². The number of anilines is 1. The maximum atomic E-state index is 13.5. The molecule has 0 aromatic heterocycles. The number of rotatable bonds is 3. The topological polar surface area (TPSA) is 70.2 Å². The highest BCUT2D eigenvalue weighted by Gasteiger charge is 2.36. The SMILES string of the molecule is O=C(C[C@@H]1N[C@@H]2CCCC[C@@H]2NC1=O)Nc1ccccc1F. The van der Waals surface area contributed by atoms with Crippen LogP contribution in [-0.2, 0) is 9.59 Å². The molecular formula is C16H20FN3O2. The Bertz CT molecular complexity index is 578. The molecule has 0 bridgehead atoms. The molecule has 0 spiro atoms. The van der Waals surface area contributed by atoms with E-state index in [0.29, 0.717) is 0 Å². The minimum Gasteiger partial charge on any atom is -0.350 e. The van der Waals surface area contributed by atoms with Gasteiger partial charge < -0.3 is 16.0 Å². The normalized spacial score (nSPS) is 27.7. The zero-order valence-electron chi connectivity index (χ0n) is 12.3. The van der Waals surface area contributed by atoms with Gasteiger partial charge in [-0.3, -0.25) is 9.59 Å². The molecule has 0 radical (unpaired) electrons. The minimum atomic E-state index is -0.550. The maximum absolute atomic E-state index is 13.5. The third kappa shape index (κ3) is 3.27. The van der Waals surface area contributed by atoms with Crippen LogP contribution in [0.25, 0.3) is 0 Å². The summed E-state index contributed by atoms with van der Waals surface area (Å²) in [5.74, 6) is -0.997. The molecule has 3 N–H and O–H groups in total. The second-order valence-corrected chi connectivity index (χ2v) is 5.96. The lowest BCUT2D eigenvalue weighted by Gasteiger charge is -2.40. The predicted molar refractivity (Wildman–Crippen MR) is 80.8 cm³/mol. The highest BCUT2D eigenvalue weighted by molar-refractivity contribution is 5.95. The number of carbonyl (C=O) groups excluding carboxylic acids is 2. The molecule has 1 saturated carbocycles. The summed E-state index contributed by atoms with van der Waals surface area (Å²) in [7, 11) is 0. The van der Waals surface area contributed by atoms with Crippen molar-refractivity contribution in [3.63, 3.8) is 0 Å². The van der Waals surface area contributed by atoms with E-state index in [4.69, 9.17) is 0 Å². The first-order valence-electron chi connectivity index (χ1n) is 7.74. The molecular weight excluding hydrogens is 285 g/mol. The predicted octanol–water partition coefficient (Wildman–Crippen LogP) is 1.55.